The molecule has 26 heavy (non-hydrogen) atoms. The molecule has 1 N–H and O–H groups in total. The molecule has 1 fully saturated rings. The van der Waals surface area contributed by atoms with Crippen LogP contribution in [0.4, 0.5) is 0 Å². The van der Waals surface area contributed by atoms with E-state index in [4.69, 9.17) is 18.8 Å². The number of carboxylic acids is 1. The summed E-state index contributed by atoms with van der Waals surface area (Å²) in [6, 6.07) is 7.06. The van der Waals surface area contributed by atoms with E-state index < -0.39 is 21.9 Å². The van der Waals surface area contributed by atoms with Crippen molar-refractivity contribution in [3.05, 3.63) is 29.8 Å². The van der Waals surface area contributed by atoms with Crippen LogP contribution in [0.5, 0.6) is 5.75 Å². The van der Waals surface area contributed by atoms with Gasteiger partial charge in [0.25, 0.3) is 5.79 Å². The van der Waals surface area contributed by atoms with Crippen molar-refractivity contribution in [2.24, 2.45) is 5.92 Å². The second-order valence-electron chi connectivity index (χ2n) is 6.77. The van der Waals surface area contributed by atoms with E-state index in [0.29, 0.717) is 19.0 Å². The number of hydrogen-bond acceptors (Lipinski definition) is 6. The number of carbonyl (C=O) groups is 1. The van der Waals surface area contributed by atoms with Crippen molar-refractivity contribution in [2.45, 2.75) is 44.8 Å². The number of carboxylic acid groups (broad SMARTS) is 1. The predicted octanol–water partition coefficient (Wildman–Crippen LogP) is 2.59. The first-order valence-corrected chi connectivity index (χ1v) is 10.5. The molecule has 0 radical (unpaired) electrons. The molecule has 0 atom stereocenters. The zero-order valence-electron chi connectivity index (χ0n) is 15.1. The van der Waals surface area contributed by atoms with E-state index in [2.05, 4.69) is 0 Å². The van der Waals surface area contributed by atoms with Crippen molar-refractivity contribution in [1.29, 1.82) is 0 Å². The summed E-state index contributed by atoms with van der Waals surface area (Å²) in [7, 11) is -3.49. The smallest absolute Gasteiger partial charge is 0.364 e. The quantitative estimate of drug-likeness (QED) is 0.514. The standard InChI is InChI=1S/C18H26O7S/c1-18(17(19)20)23-12-15(13-24-18)7-5-3-4-6-14-8-10-16(11-9-14)25-26(2,21)22/h8-11,15H,3-7,12-13H2,1-2H3,(H,19,20). The van der Waals surface area contributed by atoms with Gasteiger partial charge in [-0.05, 0) is 37.0 Å². The molecule has 2 rings (SSSR count). The third kappa shape index (κ3) is 6.59. The van der Waals surface area contributed by atoms with Crippen molar-refractivity contribution < 1.29 is 32.0 Å². The number of ether oxygens (including phenoxy) is 2. The molecule has 0 amide bonds. The maximum atomic E-state index is 11.1. The summed E-state index contributed by atoms with van der Waals surface area (Å²) in [5.74, 6) is -2.05. The molecule has 0 aromatic heterocycles. The molecule has 0 bridgehead atoms. The summed E-state index contributed by atoms with van der Waals surface area (Å²) >= 11 is 0. The van der Waals surface area contributed by atoms with Gasteiger partial charge >= 0.3 is 16.1 Å². The Kier molecular flexibility index (Phi) is 7.02. The minimum atomic E-state index is -3.49. The summed E-state index contributed by atoms with van der Waals surface area (Å²) in [5.41, 5.74) is 1.13. The van der Waals surface area contributed by atoms with Gasteiger partial charge in [0, 0.05) is 12.8 Å². The average Bonchev–Trinajstić information content (AvgIpc) is 2.56. The topological polar surface area (TPSA) is 99.1 Å². The van der Waals surface area contributed by atoms with Crippen LogP contribution in [-0.4, -0.2) is 44.8 Å². The van der Waals surface area contributed by atoms with Gasteiger partial charge in [-0.15, -0.1) is 0 Å². The van der Waals surface area contributed by atoms with E-state index >= 15 is 0 Å². The van der Waals surface area contributed by atoms with Crippen LogP contribution in [0.15, 0.2) is 24.3 Å². The van der Waals surface area contributed by atoms with Crippen molar-refractivity contribution in [1.82, 2.24) is 0 Å². The normalized spacial score (nSPS) is 23.5. The van der Waals surface area contributed by atoms with Gasteiger partial charge in [-0.25, -0.2) is 4.79 Å². The molecule has 1 aliphatic heterocycles. The first kappa shape index (κ1) is 20.7. The molecule has 0 saturated carbocycles. The minimum absolute atomic E-state index is 0.231. The molecule has 0 spiro atoms. The SMILES string of the molecule is CC1(C(=O)O)OCC(CCCCCc2ccc(OS(C)(=O)=O)cc2)CO1. The van der Waals surface area contributed by atoms with Gasteiger partial charge in [0.1, 0.15) is 5.75 Å². The van der Waals surface area contributed by atoms with Crippen molar-refractivity contribution in [3.8, 4) is 5.75 Å². The third-order valence-corrected chi connectivity index (χ3v) is 4.82. The van der Waals surface area contributed by atoms with Crippen LogP contribution in [0.25, 0.3) is 0 Å². The van der Waals surface area contributed by atoms with Gasteiger partial charge in [0.05, 0.1) is 19.5 Å². The average molecular weight is 386 g/mol. The number of unbranched alkanes of at least 4 members (excludes halogenated alkanes) is 2. The Labute approximate surface area is 154 Å². The number of aliphatic carboxylic acids is 1. The first-order valence-electron chi connectivity index (χ1n) is 8.68. The highest BCUT2D eigenvalue weighted by atomic mass is 32.2. The van der Waals surface area contributed by atoms with Gasteiger partial charge in [0.15, 0.2) is 0 Å². The van der Waals surface area contributed by atoms with E-state index in [-0.39, 0.29) is 5.92 Å². The van der Waals surface area contributed by atoms with E-state index in [1.165, 1.54) is 6.92 Å². The van der Waals surface area contributed by atoms with Gasteiger partial charge in [0.2, 0.25) is 0 Å². The lowest BCUT2D eigenvalue weighted by molar-refractivity contribution is -0.271. The van der Waals surface area contributed by atoms with Crippen LogP contribution in [-0.2, 0) is 30.8 Å². The maximum Gasteiger partial charge on any atom is 0.364 e. The summed E-state index contributed by atoms with van der Waals surface area (Å²) in [5, 5.41) is 9.02. The second-order valence-corrected chi connectivity index (χ2v) is 8.34. The lowest BCUT2D eigenvalue weighted by Crippen LogP contribution is -2.47. The number of benzene rings is 1. The van der Waals surface area contributed by atoms with Crippen LogP contribution >= 0.6 is 0 Å². The van der Waals surface area contributed by atoms with E-state index in [1.807, 2.05) is 12.1 Å². The molecule has 1 heterocycles. The first-order chi connectivity index (χ1) is 12.2. The van der Waals surface area contributed by atoms with Crippen LogP contribution in [0, 0.1) is 5.92 Å². The van der Waals surface area contributed by atoms with Gasteiger partial charge in [-0.1, -0.05) is 25.0 Å². The van der Waals surface area contributed by atoms with Gasteiger partial charge in [-0.3, -0.25) is 0 Å². The lowest BCUT2D eigenvalue weighted by atomic mass is 10.00. The zero-order chi connectivity index (χ0) is 19.2. The predicted molar refractivity (Wildman–Crippen MR) is 95.5 cm³/mol. The van der Waals surface area contributed by atoms with Gasteiger partial charge < -0.3 is 18.8 Å². The highest BCUT2D eigenvalue weighted by molar-refractivity contribution is 7.86. The summed E-state index contributed by atoms with van der Waals surface area (Å²) in [6.07, 6.45) is 5.97. The van der Waals surface area contributed by atoms with E-state index in [9.17, 15) is 13.2 Å². The molecule has 0 aliphatic carbocycles. The van der Waals surface area contributed by atoms with Crippen LogP contribution < -0.4 is 4.18 Å². The molecule has 8 heteroatoms. The Morgan fingerprint density at radius 2 is 1.81 bits per heavy atom. The molecular weight excluding hydrogens is 360 g/mol. The fourth-order valence-corrected chi connectivity index (χ4v) is 3.22. The fourth-order valence-electron chi connectivity index (χ4n) is 2.76. The lowest BCUT2D eigenvalue weighted by Gasteiger charge is -2.34. The highest BCUT2D eigenvalue weighted by Gasteiger charge is 2.40. The number of rotatable bonds is 9. The Hall–Kier alpha value is -1.64. The monoisotopic (exact) mass is 386 g/mol. The van der Waals surface area contributed by atoms with Crippen molar-refractivity contribution in [2.75, 3.05) is 19.5 Å². The van der Waals surface area contributed by atoms with Gasteiger partial charge in [-0.2, -0.15) is 8.42 Å². The molecule has 146 valence electrons. The molecular formula is C18H26O7S. The molecule has 0 unspecified atom stereocenters. The molecule has 1 aliphatic rings. The number of aryl methyl sites for hydroxylation is 1. The fraction of sp³-hybridized carbons (Fsp3) is 0.611. The molecule has 1 aromatic rings. The van der Waals surface area contributed by atoms with Crippen LogP contribution in [0.1, 0.15) is 38.2 Å². The Bertz CT molecular complexity index is 689. The Morgan fingerprint density at radius 3 is 2.35 bits per heavy atom. The van der Waals surface area contributed by atoms with Crippen molar-refractivity contribution >= 4 is 16.1 Å². The highest BCUT2D eigenvalue weighted by Crippen LogP contribution is 2.25. The molecule has 1 saturated heterocycles. The van der Waals surface area contributed by atoms with E-state index in [0.717, 1.165) is 43.9 Å². The summed E-state index contributed by atoms with van der Waals surface area (Å²) in [6.45, 7) is 2.24. The minimum Gasteiger partial charge on any atom is -0.477 e. The molecule has 7 nitrogen and oxygen atoms in total. The number of hydrogen-bond donors (Lipinski definition) is 1. The van der Waals surface area contributed by atoms with Crippen LogP contribution in [0.2, 0.25) is 0 Å². The zero-order valence-corrected chi connectivity index (χ0v) is 16.0. The Balaban J connectivity index is 1.62. The third-order valence-electron chi connectivity index (χ3n) is 4.33. The largest absolute Gasteiger partial charge is 0.477 e. The van der Waals surface area contributed by atoms with Crippen molar-refractivity contribution in [3.63, 3.8) is 0 Å². The summed E-state index contributed by atoms with van der Waals surface area (Å²) < 4.78 is 37.6. The maximum absolute atomic E-state index is 11.1. The van der Waals surface area contributed by atoms with Crippen LogP contribution in [0.3, 0.4) is 0 Å². The molecule has 1 aromatic carbocycles. The Morgan fingerprint density at radius 1 is 1.19 bits per heavy atom. The second kappa shape index (κ2) is 8.83. The van der Waals surface area contributed by atoms with E-state index in [1.54, 1.807) is 12.1 Å². The summed E-state index contributed by atoms with van der Waals surface area (Å²) in [4.78, 5) is 11.0.